The maximum absolute atomic E-state index is 12.8. The van der Waals surface area contributed by atoms with Gasteiger partial charge in [0.05, 0.1) is 25.3 Å². The molecule has 9 heteroatoms. The molecule has 194 valence electrons. The Morgan fingerprint density at radius 2 is 2.11 bits per heavy atom. The van der Waals surface area contributed by atoms with Gasteiger partial charge in [-0.2, -0.15) is 5.26 Å². The summed E-state index contributed by atoms with van der Waals surface area (Å²) in [5, 5.41) is 16.2. The Labute approximate surface area is 221 Å². The summed E-state index contributed by atoms with van der Waals surface area (Å²) in [6.07, 6.45) is 3.91. The van der Waals surface area contributed by atoms with Crippen LogP contribution in [0.15, 0.2) is 42.6 Å². The summed E-state index contributed by atoms with van der Waals surface area (Å²) < 4.78 is 10.8. The third kappa shape index (κ3) is 6.52. The quantitative estimate of drug-likeness (QED) is 0.336. The normalized spacial score (nSPS) is 16.1. The SMILES string of the molecule is COc1cccc(C(C)CC(=O)Nc2sc3c(c2C#N)CCC(COC(=O)NC(C)c2ccc[nH]2)C3)c1. The molecular formula is C28H32N4O4S. The average molecular weight is 521 g/mol. The van der Waals surface area contributed by atoms with Gasteiger partial charge >= 0.3 is 6.09 Å². The third-order valence-corrected chi connectivity index (χ3v) is 7.93. The highest BCUT2D eigenvalue weighted by Crippen LogP contribution is 2.39. The first kappa shape index (κ1) is 26.3. The van der Waals surface area contributed by atoms with Crippen molar-refractivity contribution in [3.8, 4) is 11.8 Å². The molecule has 2 heterocycles. The monoisotopic (exact) mass is 520 g/mol. The second-order valence-electron chi connectivity index (χ2n) is 9.45. The van der Waals surface area contributed by atoms with Crippen molar-refractivity contribution < 1.29 is 19.1 Å². The van der Waals surface area contributed by atoms with Gasteiger partial charge in [-0.05, 0) is 73.4 Å². The zero-order chi connectivity index (χ0) is 26.4. The molecule has 1 aliphatic carbocycles. The molecule has 0 radical (unpaired) electrons. The Kier molecular flexibility index (Phi) is 8.51. The topological polar surface area (TPSA) is 116 Å². The van der Waals surface area contributed by atoms with Gasteiger partial charge in [0.1, 0.15) is 16.8 Å². The van der Waals surface area contributed by atoms with Crippen molar-refractivity contribution in [2.24, 2.45) is 5.92 Å². The van der Waals surface area contributed by atoms with Crippen LogP contribution in [0.2, 0.25) is 0 Å². The fourth-order valence-electron chi connectivity index (χ4n) is 4.63. The van der Waals surface area contributed by atoms with Gasteiger partial charge in [0.25, 0.3) is 0 Å². The molecule has 37 heavy (non-hydrogen) atoms. The number of carbonyl (C=O) groups excluding carboxylic acids is 2. The van der Waals surface area contributed by atoms with Gasteiger partial charge in [-0.3, -0.25) is 4.79 Å². The Bertz CT molecular complexity index is 1280. The molecule has 1 aliphatic rings. The highest BCUT2D eigenvalue weighted by molar-refractivity contribution is 7.16. The first-order valence-corrected chi connectivity index (χ1v) is 13.2. The van der Waals surface area contributed by atoms with E-state index in [4.69, 9.17) is 9.47 Å². The number of methoxy groups -OCH3 is 1. The Hall–Kier alpha value is -3.77. The van der Waals surface area contributed by atoms with Crippen molar-refractivity contribution in [1.29, 1.82) is 5.26 Å². The summed E-state index contributed by atoms with van der Waals surface area (Å²) in [5.41, 5.74) is 3.49. The number of nitriles is 1. The van der Waals surface area contributed by atoms with E-state index in [-0.39, 0.29) is 23.8 Å². The van der Waals surface area contributed by atoms with E-state index in [0.29, 0.717) is 30.0 Å². The van der Waals surface area contributed by atoms with E-state index in [1.807, 2.05) is 56.4 Å². The summed E-state index contributed by atoms with van der Waals surface area (Å²) in [4.78, 5) is 29.2. The summed E-state index contributed by atoms with van der Waals surface area (Å²) in [5.74, 6) is 0.801. The summed E-state index contributed by atoms with van der Waals surface area (Å²) in [6, 6.07) is 13.6. The first-order chi connectivity index (χ1) is 17.9. The van der Waals surface area contributed by atoms with Gasteiger partial charge in [0.2, 0.25) is 5.91 Å². The van der Waals surface area contributed by atoms with Crippen LogP contribution < -0.4 is 15.4 Å². The molecule has 8 nitrogen and oxygen atoms in total. The van der Waals surface area contributed by atoms with Crippen molar-refractivity contribution in [3.05, 3.63) is 69.9 Å². The van der Waals surface area contributed by atoms with Crippen LogP contribution in [0.4, 0.5) is 9.80 Å². The number of amides is 2. The number of aromatic nitrogens is 1. The number of hydrogen-bond acceptors (Lipinski definition) is 6. The van der Waals surface area contributed by atoms with Crippen LogP contribution in [-0.4, -0.2) is 30.7 Å². The van der Waals surface area contributed by atoms with Gasteiger partial charge in [0, 0.05) is 23.2 Å². The van der Waals surface area contributed by atoms with Crippen LogP contribution in [-0.2, 0) is 22.4 Å². The van der Waals surface area contributed by atoms with Crippen LogP contribution in [0, 0.1) is 17.2 Å². The molecular weight excluding hydrogens is 488 g/mol. The number of thiophene rings is 1. The molecule has 1 aromatic carbocycles. The van der Waals surface area contributed by atoms with Crippen molar-refractivity contribution in [3.63, 3.8) is 0 Å². The zero-order valence-electron chi connectivity index (χ0n) is 21.3. The Balaban J connectivity index is 1.32. The summed E-state index contributed by atoms with van der Waals surface area (Å²) in [7, 11) is 1.62. The van der Waals surface area contributed by atoms with E-state index in [1.165, 1.54) is 11.3 Å². The van der Waals surface area contributed by atoms with E-state index in [0.717, 1.165) is 40.3 Å². The van der Waals surface area contributed by atoms with Gasteiger partial charge < -0.3 is 25.1 Å². The number of H-pyrrole nitrogens is 1. The van der Waals surface area contributed by atoms with Crippen LogP contribution in [0.25, 0.3) is 0 Å². The fraction of sp³-hybridized carbons (Fsp3) is 0.393. The highest BCUT2D eigenvalue weighted by atomic mass is 32.1. The molecule has 2 amide bonds. The maximum Gasteiger partial charge on any atom is 0.407 e. The number of hydrogen-bond donors (Lipinski definition) is 3. The molecule has 0 saturated heterocycles. The zero-order valence-corrected chi connectivity index (χ0v) is 22.1. The largest absolute Gasteiger partial charge is 0.497 e. The number of alkyl carbamates (subject to hydrolysis) is 1. The molecule has 3 atom stereocenters. The van der Waals surface area contributed by atoms with Crippen molar-refractivity contribution >= 4 is 28.3 Å². The predicted octanol–water partition coefficient (Wildman–Crippen LogP) is 5.68. The number of ether oxygens (including phenoxy) is 2. The average Bonchev–Trinajstić information content (AvgIpc) is 3.55. The van der Waals surface area contributed by atoms with Crippen molar-refractivity contribution in [2.75, 3.05) is 19.0 Å². The Morgan fingerprint density at radius 3 is 2.84 bits per heavy atom. The lowest BCUT2D eigenvalue weighted by Crippen LogP contribution is -2.30. The number of aromatic amines is 1. The minimum Gasteiger partial charge on any atom is -0.497 e. The number of nitrogens with one attached hydrogen (secondary N) is 3. The van der Waals surface area contributed by atoms with E-state index in [1.54, 1.807) is 7.11 Å². The lowest BCUT2D eigenvalue weighted by atomic mass is 9.88. The number of nitrogens with zero attached hydrogens (tertiary/aromatic N) is 1. The van der Waals surface area contributed by atoms with E-state index in [2.05, 4.69) is 21.7 Å². The molecule has 2 aromatic heterocycles. The predicted molar refractivity (Wildman–Crippen MR) is 143 cm³/mol. The van der Waals surface area contributed by atoms with E-state index >= 15 is 0 Å². The lowest BCUT2D eigenvalue weighted by molar-refractivity contribution is -0.116. The number of fused-ring (bicyclic) bond motifs is 1. The molecule has 0 fully saturated rings. The van der Waals surface area contributed by atoms with Crippen LogP contribution in [0.3, 0.4) is 0 Å². The molecule has 3 aromatic rings. The lowest BCUT2D eigenvalue weighted by Gasteiger charge is -2.22. The van der Waals surface area contributed by atoms with Crippen LogP contribution in [0.5, 0.6) is 5.75 Å². The van der Waals surface area contributed by atoms with Gasteiger partial charge in [0.15, 0.2) is 0 Å². The van der Waals surface area contributed by atoms with E-state index in [9.17, 15) is 14.9 Å². The van der Waals surface area contributed by atoms with Crippen LogP contribution >= 0.6 is 11.3 Å². The number of benzene rings is 1. The van der Waals surface area contributed by atoms with Gasteiger partial charge in [-0.1, -0.05) is 19.1 Å². The minimum absolute atomic E-state index is 0.00243. The van der Waals surface area contributed by atoms with Crippen LogP contribution in [0.1, 0.15) is 65.9 Å². The molecule has 4 rings (SSSR count). The van der Waals surface area contributed by atoms with E-state index < -0.39 is 6.09 Å². The van der Waals surface area contributed by atoms with Crippen molar-refractivity contribution in [1.82, 2.24) is 10.3 Å². The maximum atomic E-state index is 12.8. The summed E-state index contributed by atoms with van der Waals surface area (Å²) >= 11 is 1.46. The minimum atomic E-state index is -0.449. The molecule has 0 aliphatic heterocycles. The number of anilines is 1. The van der Waals surface area contributed by atoms with Crippen molar-refractivity contribution in [2.45, 2.75) is 51.5 Å². The molecule has 0 bridgehead atoms. The molecule has 3 N–H and O–H groups in total. The molecule has 3 unspecified atom stereocenters. The standard InChI is InChI=1S/C28H32N4O4S/c1-17(20-6-4-7-21(14-20)35-3)12-26(33)32-27-23(15-29)22-10-9-19(13-25(22)37-27)16-36-28(34)31-18(2)24-8-5-11-30-24/h4-8,11,14,17-19,30H,9-10,12-13,16H2,1-3H3,(H,31,34)(H,32,33). The second-order valence-corrected chi connectivity index (χ2v) is 10.6. The fourth-order valence-corrected chi connectivity index (χ4v) is 5.96. The summed E-state index contributed by atoms with van der Waals surface area (Å²) in [6.45, 7) is 4.20. The van der Waals surface area contributed by atoms with Gasteiger partial charge in [-0.25, -0.2) is 4.79 Å². The Morgan fingerprint density at radius 1 is 1.27 bits per heavy atom. The number of rotatable bonds is 9. The first-order valence-electron chi connectivity index (χ1n) is 12.4. The van der Waals surface area contributed by atoms with Gasteiger partial charge in [-0.15, -0.1) is 11.3 Å². The second kappa shape index (κ2) is 12.0. The molecule has 0 spiro atoms. The molecule has 0 saturated carbocycles. The smallest absolute Gasteiger partial charge is 0.407 e. The number of carbonyl (C=O) groups is 2. The highest BCUT2D eigenvalue weighted by Gasteiger charge is 2.28. The third-order valence-electron chi connectivity index (χ3n) is 6.76.